The number of nitrogens with one attached hydrogen (secondary N) is 1. The van der Waals surface area contributed by atoms with Crippen molar-refractivity contribution in [2.45, 2.75) is 71.1 Å². The fraction of sp³-hybridized carbons (Fsp3) is 1.00. The van der Waals surface area contributed by atoms with Gasteiger partial charge < -0.3 is 5.32 Å². The van der Waals surface area contributed by atoms with Crippen LogP contribution in [0.3, 0.4) is 0 Å². The molecule has 1 fully saturated rings. The van der Waals surface area contributed by atoms with Gasteiger partial charge in [0.1, 0.15) is 0 Å². The summed E-state index contributed by atoms with van der Waals surface area (Å²) in [4.78, 5) is 0. The first-order valence-electron chi connectivity index (χ1n) is 7.04. The molecule has 0 saturated heterocycles. The fourth-order valence-electron chi connectivity index (χ4n) is 2.27. The van der Waals surface area contributed by atoms with E-state index < -0.39 is 14.6 Å². The molecule has 0 atom stereocenters. The van der Waals surface area contributed by atoms with Gasteiger partial charge in [0.15, 0.2) is 9.84 Å². The predicted molar refractivity (Wildman–Crippen MR) is 77.6 cm³/mol. The zero-order valence-electron chi connectivity index (χ0n) is 12.5. The molecule has 108 valence electrons. The van der Waals surface area contributed by atoms with Gasteiger partial charge in [0.2, 0.25) is 0 Å². The molecule has 1 rings (SSSR count). The van der Waals surface area contributed by atoms with Gasteiger partial charge in [0, 0.05) is 12.6 Å². The summed E-state index contributed by atoms with van der Waals surface area (Å²) < 4.78 is 23.7. The highest BCUT2D eigenvalue weighted by molar-refractivity contribution is 7.92. The number of sulfone groups is 1. The van der Waals surface area contributed by atoms with Crippen LogP contribution in [0.5, 0.6) is 0 Å². The van der Waals surface area contributed by atoms with Crippen molar-refractivity contribution in [3.8, 4) is 0 Å². The molecule has 4 heteroatoms. The zero-order valence-corrected chi connectivity index (χ0v) is 13.4. The molecule has 1 N–H and O–H groups in total. The molecule has 0 radical (unpaired) electrons. The summed E-state index contributed by atoms with van der Waals surface area (Å²) in [5, 5.41) is 3.47. The lowest BCUT2D eigenvalue weighted by atomic mass is 9.67. The molecule has 0 aliphatic heterocycles. The Morgan fingerprint density at radius 1 is 1.22 bits per heavy atom. The van der Waals surface area contributed by atoms with Crippen molar-refractivity contribution in [1.82, 2.24) is 5.32 Å². The maximum atomic E-state index is 12.2. The average molecular weight is 275 g/mol. The molecule has 0 bridgehead atoms. The van der Waals surface area contributed by atoms with Crippen LogP contribution in [0, 0.1) is 5.41 Å². The summed E-state index contributed by atoms with van der Waals surface area (Å²) in [5.74, 6) is 0.330. The third-order valence-electron chi connectivity index (χ3n) is 4.13. The summed E-state index contributed by atoms with van der Waals surface area (Å²) >= 11 is 0. The highest BCUT2D eigenvalue weighted by Crippen LogP contribution is 2.44. The third-order valence-corrected chi connectivity index (χ3v) is 6.74. The Labute approximate surface area is 113 Å². The van der Waals surface area contributed by atoms with Crippen LogP contribution in [0.15, 0.2) is 0 Å². The third kappa shape index (κ3) is 3.95. The Balaban J connectivity index is 2.55. The minimum Gasteiger partial charge on any atom is -0.314 e. The van der Waals surface area contributed by atoms with Crippen LogP contribution < -0.4 is 5.32 Å². The quantitative estimate of drug-likeness (QED) is 0.811. The normalized spacial score (nSPS) is 19.9. The van der Waals surface area contributed by atoms with E-state index in [1.807, 2.05) is 0 Å². The lowest BCUT2D eigenvalue weighted by Gasteiger charge is -2.43. The van der Waals surface area contributed by atoms with Crippen molar-refractivity contribution in [2.24, 2.45) is 5.41 Å². The summed E-state index contributed by atoms with van der Waals surface area (Å²) in [7, 11) is -2.97. The van der Waals surface area contributed by atoms with Crippen LogP contribution in [0.1, 0.15) is 60.3 Å². The molecule has 3 nitrogen and oxygen atoms in total. The number of hydrogen-bond donors (Lipinski definition) is 1. The van der Waals surface area contributed by atoms with Gasteiger partial charge in [-0.15, -0.1) is 0 Å². The van der Waals surface area contributed by atoms with Gasteiger partial charge in [-0.05, 0) is 45.4 Å². The summed E-state index contributed by atoms with van der Waals surface area (Å²) in [6.45, 7) is 10.6. The van der Waals surface area contributed by atoms with Gasteiger partial charge in [-0.1, -0.05) is 20.3 Å². The van der Waals surface area contributed by atoms with Crippen LogP contribution >= 0.6 is 0 Å². The summed E-state index contributed by atoms with van der Waals surface area (Å²) in [6, 6.07) is 0.474. The molecule has 0 aromatic carbocycles. The predicted octanol–water partition coefficient (Wildman–Crippen LogP) is 2.76. The Bertz CT molecular complexity index is 362. The molecule has 1 aliphatic rings. The van der Waals surface area contributed by atoms with Crippen LogP contribution in [0.2, 0.25) is 0 Å². The van der Waals surface area contributed by atoms with Crippen molar-refractivity contribution < 1.29 is 8.42 Å². The molecule has 0 aromatic rings. The molecule has 0 amide bonds. The van der Waals surface area contributed by atoms with E-state index >= 15 is 0 Å². The Morgan fingerprint density at radius 3 is 2.11 bits per heavy atom. The van der Waals surface area contributed by atoms with E-state index in [9.17, 15) is 8.42 Å². The molecular weight excluding hydrogens is 246 g/mol. The molecular formula is C14H29NO2S. The zero-order chi connectivity index (χ0) is 14.0. The lowest BCUT2D eigenvalue weighted by Crippen LogP contribution is -2.44. The van der Waals surface area contributed by atoms with Gasteiger partial charge >= 0.3 is 0 Å². The first-order chi connectivity index (χ1) is 8.08. The summed E-state index contributed by atoms with van der Waals surface area (Å²) in [6.07, 6.45) is 4.40. The minimum atomic E-state index is -2.97. The number of hydrogen-bond acceptors (Lipinski definition) is 3. The van der Waals surface area contributed by atoms with E-state index in [0.717, 1.165) is 13.0 Å². The van der Waals surface area contributed by atoms with Crippen molar-refractivity contribution in [1.29, 1.82) is 0 Å². The molecule has 1 saturated carbocycles. The second-order valence-electron chi connectivity index (χ2n) is 7.07. The van der Waals surface area contributed by atoms with E-state index in [1.54, 1.807) is 20.8 Å². The highest BCUT2D eigenvalue weighted by atomic mass is 32.2. The number of rotatable bonds is 6. The molecule has 0 aromatic heterocycles. The monoisotopic (exact) mass is 275 g/mol. The first kappa shape index (κ1) is 16.0. The van der Waals surface area contributed by atoms with E-state index in [2.05, 4.69) is 19.2 Å². The van der Waals surface area contributed by atoms with E-state index in [0.29, 0.717) is 11.8 Å². The second-order valence-corrected chi connectivity index (χ2v) is 9.93. The molecule has 0 heterocycles. The Kier molecular flexibility index (Phi) is 4.87. The van der Waals surface area contributed by atoms with Crippen LogP contribution in [0.25, 0.3) is 0 Å². The van der Waals surface area contributed by atoms with Crippen molar-refractivity contribution >= 4 is 9.84 Å². The average Bonchev–Trinajstić information content (AvgIpc) is 2.13. The standard InChI is InChI=1S/C14H29NO2S/c1-12(2)15-11-14(7-6-8-14)9-10-18(16,17)13(3,4)5/h12,15H,6-11H2,1-5H3. The van der Waals surface area contributed by atoms with E-state index in [-0.39, 0.29) is 5.41 Å². The topological polar surface area (TPSA) is 46.2 Å². The maximum absolute atomic E-state index is 12.2. The Hall–Kier alpha value is -0.0900. The maximum Gasteiger partial charge on any atom is 0.155 e. The molecule has 0 spiro atoms. The van der Waals surface area contributed by atoms with Crippen LogP contribution in [0.4, 0.5) is 0 Å². The second kappa shape index (κ2) is 5.49. The van der Waals surface area contributed by atoms with E-state index in [4.69, 9.17) is 0 Å². The van der Waals surface area contributed by atoms with Gasteiger partial charge in [-0.3, -0.25) is 0 Å². The fourth-order valence-corrected chi connectivity index (χ4v) is 3.58. The summed E-state index contributed by atoms with van der Waals surface area (Å²) in [5.41, 5.74) is 0.239. The van der Waals surface area contributed by atoms with Gasteiger partial charge in [0.05, 0.1) is 10.5 Å². The lowest BCUT2D eigenvalue weighted by molar-refractivity contribution is 0.122. The SMILES string of the molecule is CC(C)NCC1(CCS(=O)(=O)C(C)(C)C)CCC1. The first-order valence-corrected chi connectivity index (χ1v) is 8.69. The van der Waals surface area contributed by atoms with Crippen molar-refractivity contribution in [3.05, 3.63) is 0 Å². The van der Waals surface area contributed by atoms with E-state index in [1.165, 1.54) is 19.3 Å². The molecule has 18 heavy (non-hydrogen) atoms. The van der Waals surface area contributed by atoms with Gasteiger partial charge in [0.25, 0.3) is 0 Å². The molecule has 1 aliphatic carbocycles. The van der Waals surface area contributed by atoms with Crippen molar-refractivity contribution in [3.63, 3.8) is 0 Å². The highest BCUT2D eigenvalue weighted by Gasteiger charge is 2.39. The molecule has 0 unspecified atom stereocenters. The smallest absolute Gasteiger partial charge is 0.155 e. The van der Waals surface area contributed by atoms with Crippen LogP contribution in [-0.2, 0) is 9.84 Å². The minimum absolute atomic E-state index is 0.239. The largest absolute Gasteiger partial charge is 0.314 e. The van der Waals surface area contributed by atoms with Crippen molar-refractivity contribution in [2.75, 3.05) is 12.3 Å². The van der Waals surface area contributed by atoms with Crippen LogP contribution in [-0.4, -0.2) is 31.5 Å². The Morgan fingerprint density at radius 2 is 1.78 bits per heavy atom. The van der Waals surface area contributed by atoms with Gasteiger partial charge in [-0.2, -0.15) is 0 Å². The van der Waals surface area contributed by atoms with Gasteiger partial charge in [-0.25, -0.2) is 8.42 Å².